The number of nitrogens with zero attached hydrogens (tertiary/aromatic N) is 2. The highest BCUT2D eigenvalue weighted by Crippen LogP contribution is 2.22. The van der Waals surface area contributed by atoms with Crippen molar-refractivity contribution in [1.29, 1.82) is 0 Å². The van der Waals surface area contributed by atoms with Crippen LogP contribution in [0.25, 0.3) is 0 Å². The van der Waals surface area contributed by atoms with Crippen LogP contribution in [0.15, 0.2) is 18.2 Å². The summed E-state index contributed by atoms with van der Waals surface area (Å²) >= 11 is 5.67. The van der Waals surface area contributed by atoms with Crippen LogP contribution in [0.5, 0.6) is 0 Å². The topological polar surface area (TPSA) is 75.5 Å². The van der Waals surface area contributed by atoms with E-state index < -0.39 is 10.8 Å². The van der Waals surface area contributed by atoms with Gasteiger partial charge in [-0.05, 0) is 26.2 Å². The number of nitrogens with one attached hydrogen (secondary N) is 1. The molecule has 0 saturated heterocycles. The van der Waals surface area contributed by atoms with E-state index in [0.29, 0.717) is 13.1 Å². The Morgan fingerprint density at radius 1 is 1.50 bits per heavy atom. The SMILES string of the molecule is CN(C)CCNC(=O)c1ccc(Cl)cc1[N+](=O)[O-]. The van der Waals surface area contributed by atoms with Crippen LogP contribution < -0.4 is 5.32 Å². The molecule has 0 aliphatic heterocycles. The number of hydrogen-bond donors (Lipinski definition) is 1. The van der Waals surface area contributed by atoms with Crippen LogP contribution in [0.3, 0.4) is 0 Å². The summed E-state index contributed by atoms with van der Waals surface area (Å²) in [7, 11) is 3.74. The predicted molar refractivity (Wildman–Crippen MR) is 69.0 cm³/mol. The molecule has 0 bridgehead atoms. The molecule has 0 aliphatic carbocycles. The van der Waals surface area contributed by atoms with Crippen molar-refractivity contribution in [2.75, 3.05) is 27.2 Å². The predicted octanol–water partition coefficient (Wildman–Crippen LogP) is 1.54. The first-order valence-electron chi connectivity index (χ1n) is 5.28. The number of likely N-dealkylation sites (N-methyl/N-ethyl adjacent to an activating group) is 1. The van der Waals surface area contributed by atoms with E-state index in [1.165, 1.54) is 18.2 Å². The number of hydrogen-bond acceptors (Lipinski definition) is 4. The van der Waals surface area contributed by atoms with E-state index in [1.54, 1.807) is 0 Å². The van der Waals surface area contributed by atoms with Crippen LogP contribution in [0.2, 0.25) is 5.02 Å². The number of carbonyl (C=O) groups is 1. The fraction of sp³-hybridized carbons (Fsp3) is 0.364. The van der Waals surface area contributed by atoms with Crippen LogP contribution in [0.1, 0.15) is 10.4 Å². The molecule has 0 unspecified atom stereocenters. The Morgan fingerprint density at radius 2 is 2.17 bits per heavy atom. The lowest BCUT2D eigenvalue weighted by molar-refractivity contribution is -0.385. The molecule has 1 N–H and O–H groups in total. The lowest BCUT2D eigenvalue weighted by atomic mass is 10.1. The van der Waals surface area contributed by atoms with E-state index in [1.807, 2.05) is 19.0 Å². The lowest BCUT2D eigenvalue weighted by Crippen LogP contribution is -2.31. The first kappa shape index (κ1) is 14.4. The molecule has 0 fully saturated rings. The second kappa shape index (κ2) is 6.32. The fourth-order valence-electron chi connectivity index (χ4n) is 1.34. The number of nitro groups is 1. The molecule has 0 aromatic heterocycles. The first-order valence-corrected chi connectivity index (χ1v) is 5.66. The molecule has 1 aromatic carbocycles. The second-order valence-electron chi connectivity index (χ2n) is 3.98. The van der Waals surface area contributed by atoms with E-state index in [4.69, 9.17) is 11.6 Å². The van der Waals surface area contributed by atoms with Gasteiger partial charge in [0.15, 0.2) is 0 Å². The van der Waals surface area contributed by atoms with E-state index in [9.17, 15) is 14.9 Å². The number of amides is 1. The van der Waals surface area contributed by atoms with Crippen molar-refractivity contribution in [1.82, 2.24) is 10.2 Å². The Hall–Kier alpha value is -1.66. The number of rotatable bonds is 5. The summed E-state index contributed by atoms with van der Waals surface area (Å²) in [6, 6.07) is 3.98. The molecule has 0 heterocycles. The summed E-state index contributed by atoms with van der Waals surface area (Å²) in [6.07, 6.45) is 0. The molecule has 1 amide bonds. The fourth-order valence-corrected chi connectivity index (χ4v) is 1.50. The van der Waals surface area contributed by atoms with Crippen LogP contribution >= 0.6 is 11.6 Å². The quantitative estimate of drug-likeness (QED) is 0.651. The summed E-state index contributed by atoms with van der Waals surface area (Å²) in [5.41, 5.74) is -0.270. The third-order valence-corrected chi connectivity index (χ3v) is 2.48. The van der Waals surface area contributed by atoms with Gasteiger partial charge in [0.05, 0.1) is 4.92 Å². The number of benzene rings is 1. The maximum Gasteiger partial charge on any atom is 0.283 e. The zero-order valence-electron chi connectivity index (χ0n) is 10.1. The van der Waals surface area contributed by atoms with E-state index in [-0.39, 0.29) is 16.3 Å². The molecule has 0 spiro atoms. The van der Waals surface area contributed by atoms with Gasteiger partial charge >= 0.3 is 0 Å². The van der Waals surface area contributed by atoms with Crippen LogP contribution in [-0.4, -0.2) is 42.9 Å². The number of carbonyl (C=O) groups excluding carboxylic acids is 1. The summed E-state index contributed by atoms with van der Waals surface area (Å²) in [4.78, 5) is 23.9. The van der Waals surface area contributed by atoms with Gasteiger partial charge in [-0.2, -0.15) is 0 Å². The molecular weight excluding hydrogens is 258 g/mol. The largest absolute Gasteiger partial charge is 0.351 e. The molecule has 98 valence electrons. The zero-order valence-corrected chi connectivity index (χ0v) is 10.9. The van der Waals surface area contributed by atoms with E-state index >= 15 is 0 Å². The molecule has 0 radical (unpaired) electrons. The average molecular weight is 272 g/mol. The van der Waals surface area contributed by atoms with Gasteiger partial charge < -0.3 is 10.2 Å². The molecular formula is C11H14ClN3O3. The number of halogens is 1. The summed E-state index contributed by atoms with van der Waals surface area (Å²) in [6.45, 7) is 1.08. The highest BCUT2D eigenvalue weighted by Gasteiger charge is 2.20. The van der Waals surface area contributed by atoms with E-state index in [0.717, 1.165) is 0 Å². The van der Waals surface area contributed by atoms with Crippen LogP contribution in [0, 0.1) is 10.1 Å². The Morgan fingerprint density at radius 3 is 2.72 bits per heavy atom. The monoisotopic (exact) mass is 271 g/mol. The number of nitro benzene ring substituents is 1. The zero-order chi connectivity index (χ0) is 13.7. The minimum Gasteiger partial charge on any atom is -0.351 e. The third kappa shape index (κ3) is 3.97. The van der Waals surface area contributed by atoms with Crippen molar-refractivity contribution in [3.63, 3.8) is 0 Å². The van der Waals surface area contributed by atoms with Gasteiger partial charge in [-0.15, -0.1) is 0 Å². The van der Waals surface area contributed by atoms with Gasteiger partial charge in [0.1, 0.15) is 5.56 Å². The molecule has 0 aliphatic rings. The maximum absolute atomic E-state index is 11.8. The highest BCUT2D eigenvalue weighted by molar-refractivity contribution is 6.31. The second-order valence-corrected chi connectivity index (χ2v) is 4.41. The van der Waals surface area contributed by atoms with Crippen molar-refractivity contribution in [3.8, 4) is 0 Å². The Bertz CT molecular complexity index is 463. The molecule has 1 rings (SSSR count). The minimum atomic E-state index is -0.618. The van der Waals surface area contributed by atoms with Crippen LogP contribution in [-0.2, 0) is 0 Å². The maximum atomic E-state index is 11.8. The summed E-state index contributed by atoms with van der Waals surface area (Å²) < 4.78 is 0. The van der Waals surface area contributed by atoms with Gasteiger partial charge in [0, 0.05) is 24.2 Å². The van der Waals surface area contributed by atoms with Gasteiger partial charge in [-0.3, -0.25) is 14.9 Å². The van der Waals surface area contributed by atoms with Crippen molar-refractivity contribution in [2.24, 2.45) is 0 Å². The molecule has 0 saturated carbocycles. The third-order valence-electron chi connectivity index (χ3n) is 2.25. The highest BCUT2D eigenvalue weighted by atomic mass is 35.5. The van der Waals surface area contributed by atoms with Gasteiger partial charge in [-0.1, -0.05) is 11.6 Å². The Kier molecular flexibility index (Phi) is 5.06. The normalized spacial score (nSPS) is 10.4. The van der Waals surface area contributed by atoms with Crippen LogP contribution in [0.4, 0.5) is 5.69 Å². The lowest BCUT2D eigenvalue weighted by Gasteiger charge is -2.10. The Labute approximate surface area is 110 Å². The molecule has 18 heavy (non-hydrogen) atoms. The van der Waals surface area contributed by atoms with E-state index in [2.05, 4.69) is 5.32 Å². The summed E-state index contributed by atoms with van der Waals surface area (Å²) in [5.74, 6) is -0.472. The van der Waals surface area contributed by atoms with Crippen molar-refractivity contribution in [2.45, 2.75) is 0 Å². The summed E-state index contributed by atoms with van der Waals surface area (Å²) in [5, 5.41) is 13.7. The van der Waals surface area contributed by atoms with Crippen molar-refractivity contribution >= 4 is 23.2 Å². The van der Waals surface area contributed by atoms with Gasteiger partial charge in [0.25, 0.3) is 11.6 Å². The standard InChI is InChI=1S/C11H14ClN3O3/c1-14(2)6-5-13-11(16)9-4-3-8(12)7-10(9)15(17)18/h3-4,7H,5-6H2,1-2H3,(H,13,16). The smallest absolute Gasteiger partial charge is 0.283 e. The molecule has 0 atom stereocenters. The molecule has 7 heteroatoms. The molecule has 1 aromatic rings. The molecule has 6 nitrogen and oxygen atoms in total. The van der Waals surface area contributed by atoms with Crippen molar-refractivity contribution in [3.05, 3.63) is 38.9 Å². The average Bonchev–Trinajstić information content (AvgIpc) is 2.28. The van der Waals surface area contributed by atoms with Gasteiger partial charge in [-0.25, -0.2) is 0 Å². The van der Waals surface area contributed by atoms with Gasteiger partial charge in [0.2, 0.25) is 0 Å². The van der Waals surface area contributed by atoms with Crippen molar-refractivity contribution < 1.29 is 9.72 Å². The first-order chi connectivity index (χ1) is 8.41. The Balaban J connectivity index is 2.82. The minimum absolute atomic E-state index is 0.0168.